The van der Waals surface area contributed by atoms with Crippen LogP contribution in [0.5, 0.6) is 0 Å². The molecule has 0 aliphatic rings. The van der Waals surface area contributed by atoms with Crippen LogP contribution in [0.3, 0.4) is 0 Å². The molecule has 3 nitrogen and oxygen atoms in total. The van der Waals surface area contributed by atoms with Gasteiger partial charge in [0.05, 0.1) is 9.90 Å². The summed E-state index contributed by atoms with van der Waals surface area (Å²) in [7, 11) is -3.84. The van der Waals surface area contributed by atoms with Gasteiger partial charge in [-0.15, -0.1) is 11.3 Å². The number of thiophene rings is 1. The Bertz CT molecular complexity index is 708. The van der Waals surface area contributed by atoms with E-state index in [1.54, 1.807) is 0 Å². The Balaban J connectivity index is 2.22. The van der Waals surface area contributed by atoms with E-state index in [4.69, 9.17) is 11.6 Å². The van der Waals surface area contributed by atoms with Crippen molar-refractivity contribution in [2.75, 3.05) is 4.72 Å². The summed E-state index contributed by atoms with van der Waals surface area (Å²) < 4.78 is 63.4. The minimum atomic E-state index is -4.46. The molecule has 0 spiro atoms. The van der Waals surface area contributed by atoms with Crippen LogP contribution in [0.15, 0.2) is 40.6 Å². The van der Waals surface area contributed by atoms with Gasteiger partial charge in [-0.2, -0.15) is 13.2 Å². The van der Waals surface area contributed by atoms with Gasteiger partial charge in [0.15, 0.2) is 0 Å². The smallest absolute Gasteiger partial charge is 0.279 e. The zero-order valence-corrected chi connectivity index (χ0v) is 12.0. The number of nitrogens with one attached hydrogen (secondary N) is 1. The first-order valence-corrected chi connectivity index (χ1v) is 7.82. The molecule has 20 heavy (non-hydrogen) atoms. The summed E-state index contributed by atoms with van der Waals surface area (Å²) in [6.07, 6.45) is -4.46. The van der Waals surface area contributed by atoms with Crippen LogP contribution in [0.2, 0.25) is 4.34 Å². The number of halogens is 4. The molecule has 9 heteroatoms. The number of alkyl halides is 3. The van der Waals surface area contributed by atoms with Crippen molar-refractivity contribution in [1.82, 2.24) is 0 Å². The fraction of sp³-hybridized carbons (Fsp3) is 0.0909. The van der Waals surface area contributed by atoms with Gasteiger partial charge in [0, 0.05) is 5.69 Å². The maximum absolute atomic E-state index is 12.4. The van der Waals surface area contributed by atoms with Crippen LogP contribution in [0.1, 0.15) is 5.56 Å². The minimum Gasteiger partial charge on any atom is -0.279 e. The molecule has 1 aromatic carbocycles. The van der Waals surface area contributed by atoms with Crippen molar-refractivity contribution in [1.29, 1.82) is 0 Å². The molecule has 1 heterocycles. The first-order valence-electron chi connectivity index (χ1n) is 5.14. The molecule has 2 rings (SSSR count). The number of rotatable bonds is 3. The lowest BCUT2D eigenvalue weighted by Crippen LogP contribution is -2.12. The van der Waals surface area contributed by atoms with Gasteiger partial charge in [0.1, 0.15) is 4.21 Å². The number of sulfonamides is 1. The van der Waals surface area contributed by atoms with Crippen LogP contribution < -0.4 is 4.72 Å². The molecular weight excluding hydrogens is 335 g/mol. The first kappa shape index (κ1) is 15.1. The van der Waals surface area contributed by atoms with Crippen LogP contribution in [0.25, 0.3) is 0 Å². The van der Waals surface area contributed by atoms with Crippen molar-refractivity contribution in [3.63, 3.8) is 0 Å². The first-order chi connectivity index (χ1) is 9.18. The highest BCUT2D eigenvalue weighted by Gasteiger charge is 2.30. The normalized spacial score (nSPS) is 12.4. The SMILES string of the molecule is O=S(=O)(Nc1ccc(C(F)(F)F)cc1)c1ccc(Cl)s1. The molecule has 1 aromatic heterocycles. The summed E-state index contributed by atoms with van der Waals surface area (Å²) in [5.74, 6) is 0. The maximum atomic E-state index is 12.4. The molecule has 0 saturated heterocycles. The van der Waals surface area contributed by atoms with Crippen LogP contribution in [0, 0.1) is 0 Å². The second kappa shape index (κ2) is 5.27. The molecule has 1 N–H and O–H groups in total. The van der Waals surface area contributed by atoms with E-state index >= 15 is 0 Å². The molecule has 0 unspecified atom stereocenters. The Kier molecular flexibility index (Phi) is 3.99. The van der Waals surface area contributed by atoms with E-state index in [1.165, 1.54) is 12.1 Å². The Hall–Kier alpha value is -1.25. The third-order valence-corrected chi connectivity index (χ3v) is 5.38. The van der Waals surface area contributed by atoms with Crippen LogP contribution in [-0.2, 0) is 16.2 Å². The van der Waals surface area contributed by atoms with Gasteiger partial charge in [-0.1, -0.05) is 11.6 Å². The van der Waals surface area contributed by atoms with Gasteiger partial charge >= 0.3 is 6.18 Å². The second-order valence-electron chi connectivity index (χ2n) is 3.74. The molecule has 0 aliphatic heterocycles. The molecule has 0 radical (unpaired) electrons. The molecule has 0 aliphatic carbocycles. The zero-order valence-electron chi connectivity index (χ0n) is 9.61. The predicted octanol–water partition coefficient (Wildman–Crippen LogP) is 4.22. The molecule has 0 fully saturated rings. The van der Waals surface area contributed by atoms with Crippen molar-refractivity contribution in [2.45, 2.75) is 10.4 Å². The average Bonchev–Trinajstić information content (AvgIpc) is 2.76. The molecule has 0 saturated carbocycles. The zero-order chi connectivity index (χ0) is 15.0. The van der Waals surface area contributed by atoms with E-state index in [-0.39, 0.29) is 9.90 Å². The van der Waals surface area contributed by atoms with E-state index < -0.39 is 21.8 Å². The van der Waals surface area contributed by atoms with Crippen LogP contribution >= 0.6 is 22.9 Å². The number of anilines is 1. The van der Waals surface area contributed by atoms with Gasteiger partial charge in [-0.3, -0.25) is 4.72 Å². The second-order valence-corrected chi connectivity index (χ2v) is 7.36. The molecule has 108 valence electrons. The summed E-state index contributed by atoms with van der Waals surface area (Å²) in [4.78, 5) is 0. The number of hydrogen-bond donors (Lipinski definition) is 1. The lowest BCUT2D eigenvalue weighted by Gasteiger charge is -2.09. The Morgan fingerprint density at radius 1 is 1.05 bits per heavy atom. The summed E-state index contributed by atoms with van der Waals surface area (Å²) in [5, 5.41) is 0. The fourth-order valence-corrected chi connectivity index (χ4v) is 3.92. The molecular formula is C11H7ClF3NO2S2. The van der Waals surface area contributed by atoms with Gasteiger partial charge in [0.25, 0.3) is 10.0 Å². The van der Waals surface area contributed by atoms with E-state index in [9.17, 15) is 21.6 Å². The highest BCUT2D eigenvalue weighted by molar-refractivity contribution is 7.94. The van der Waals surface area contributed by atoms with Crippen LogP contribution in [0.4, 0.5) is 18.9 Å². The van der Waals surface area contributed by atoms with E-state index in [0.29, 0.717) is 4.34 Å². The van der Waals surface area contributed by atoms with Crippen molar-refractivity contribution in [3.8, 4) is 0 Å². The Labute approximate surface area is 122 Å². The van der Waals surface area contributed by atoms with Crippen molar-refractivity contribution < 1.29 is 21.6 Å². The molecule has 0 amide bonds. The third-order valence-electron chi connectivity index (χ3n) is 2.28. The summed E-state index contributed by atoms with van der Waals surface area (Å²) >= 11 is 6.50. The van der Waals surface area contributed by atoms with Crippen LogP contribution in [-0.4, -0.2) is 8.42 Å². The summed E-state index contributed by atoms with van der Waals surface area (Å²) in [6, 6.07) is 6.45. The standard InChI is InChI=1S/C11H7ClF3NO2S2/c12-9-5-6-10(19-9)20(17,18)16-8-3-1-7(2-4-8)11(13,14)15/h1-6,16H. The van der Waals surface area contributed by atoms with Crippen molar-refractivity contribution in [2.24, 2.45) is 0 Å². The monoisotopic (exact) mass is 341 g/mol. The number of benzene rings is 1. The number of hydrogen-bond acceptors (Lipinski definition) is 3. The Morgan fingerprint density at radius 3 is 2.10 bits per heavy atom. The fourth-order valence-electron chi connectivity index (χ4n) is 1.37. The highest BCUT2D eigenvalue weighted by Crippen LogP contribution is 2.31. The maximum Gasteiger partial charge on any atom is 0.416 e. The predicted molar refractivity (Wildman–Crippen MR) is 71.6 cm³/mol. The Morgan fingerprint density at radius 2 is 1.65 bits per heavy atom. The van der Waals surface area contributed by atoms with E-state index in [0.717, 1.165) is 35.6 Å². The summed E-state index contributed by atoms with van der Waals surface area (Å²) in [6.45, 7) is 0. The minimum absolute atomic E-state index is 0.0117. The molecule has 0 bridgehead atoms. The molecule has 2 aromatic rings. The van der Waals surface area contributed by atoms with Gasteiger partial charge in [0.2, 0.25) is 0 Å². The van der Waals surface area contributed by atoms with E-state index in [1.807, 2.05) is 0 Å². The average molecular weight is 342 g/mol. The van der Waals surface area contributed by atoms with Gasteiger partial charge in [-0.05, 0) is 36.4 Å². The van der Waals surface area contributed by atoms with Crippen molar-refractivity contribution >= 4 is 38.6 Å². The largest absolute Gasteiger partial charge is 0.416 e. The lowest BCUT2D eigenvalue weighted by molar-refractivity contribution is -0.137. The quantitative estimate of drug-likeness (QED) is 0.908. The van der Waals surface area contributed by atoms with Gasteiger partial charge < -0.3 is 0 Å². The van der Waals surface area contributed by atoms with E-state index in [2.05, 4.69) is 4.72 Å². The van der Waals surface area contributed by atoms with Gasteiger partial charge in [-0.25, -0.2) is 8.42 Å². The highest BCUT2D eigenvalue weighted by atomic mass is 35.5. The lowest BCUT2D eigenvalue weighted by atomic mass is 10.2. The third kappa shape index (κ3) is 3.44. The topological polar surface area (TPSA) is 46.2 Å². The van der Waals surface area contributed by atoms with Crippen molar-refractivity contribution in [3.05, 3.63) is 46.3 Å². The molecule has 0 atom stereocenters. The summed E-state index contributed by atoms with van der Waals surface area (Å²) in [5.41, 5.74) is -0.804.